The van der Waals surface area contributed by atoms with Crippen molar-refractivity contribution in [3.05, 3.63) is 18.2 Å². The van der Waals surface area contributed by atoms with Gasteiger partial charge in [0, 0.05) is 31.3 Å². The maximum Gasteiger partial charge on any atom is 0.231 e. The number of carbonyl (C=O) groups is 2. The molecule has 3 rings (SSSR count). The minimum absolute atomic E-state index is 0.0688. The zero-order valence-electron chi connectivity index (χ0n) is 12.6. The van der Waals surface area contributed by atoms with Crippen molar-refractivity contribution in [1.82, 2.24) is 4.90 Å². The number of nitrogens with zero attached hydrogens (tertiary/aromatic N) is 1. The predicted molar refractivity (Wildman–Crippen MR) is 80.8 cm³/mol. The smallest absolute Gasteiger partial charge is 0.231 e. The number of benzene rings is 1. The van der Waals surface area contributed by atoms with Gasteiger partial charge in [-0.3, -0.25) is 9.59 Å². The highest BCUT2D eigenvalue weighted by atomic mass is 16.7. The molecule has 0 aliphatic carbocycles. The van der Waals surface area contributed by atoms with Gasteiger partial charge in [0.2, 0.25) is 18.6 Å². The lowest BCUT2D eigenvalue weighted by Crippen LogP contribution is -2.29. The molecule has 1 fully saturated rings. The number of likely N-dealkylation sites (tertiary alicyclic amines) is 1. The monoisotopic (exact) mass is 304 g/mol. The van der Waals surface area contributed by atoms with Gasteiger partial charge >= 0.3 is 0 Å². The summed E-state index contributed by atoms with van der Waals surface area (Å²) in [5.74, 6) is 0.977. The van der Waals surface area contributed by atoms with Gasteiger partial charge in [0.05, 0.1) is 5.92 Å². The van der Waals surface area contributed by atoms with Crippen molar-refractivity contribution in [2.24, 2.45) is 5.92 Å². The third kappa shape index (κ3) is 3.00. The zero-order chi connectivity index (χ0) is 15.5. The highest BCUT2D eigenvalue weighted by molar-refractivity contribution is 5.97. The number of rotatable bonds is 5. The molecule has 1 atom stereocenters. The number of ether oxygens (including phenoxy) is 2. The molecule has 2 aliphatic rings. The minimum atomic E-state index is -0.283. The first-order chi connectivity index (χ1) is 10.7. The summed E-state index contributed by atoms with van der Waals surface area (Å²) in [6.07, 6.45) is 2.31. The van der Waals surface area contributed by atoms with Crippen LogP contribution in [-0.2, 0) is 9.59 Å². The summed E-state index contributed by atoms with van der Waals surface area (Å²) in [5, 5.41) is 2.86. The van der Waals surface area contributed by atoms with Crippen LogP contribution in [0, 0.1) is 5.92 Å². The SMILES string of the molecule is CCCCN1CC(C(=O)Nc2ccc3c(c2)OCO3)CC1=O. The van der Waals surface area contributed by atoms with Crippen molar-refractivity contribution < 1.29 is 19.1 Å². The van der Waals surface area contributed by atoms with Gasteiger partial charge in [-0.15, -0.1) is 0 Å². The fourth-order valence-electron chi connectivity index (χ4n) is 2.73. The summed E-state index contributed by atoms with van der Waals surface area (Å²) >= 11 is 0. The van der Waals surface area contributed by atoms with E-state index in [1.807, 2.05) is 0 Å². The highest BCUT2D eigenvalue weighted by Gasteiger charge is 2.33. The summed E-state index contributed by atoms with van der Waals surface area (Å²) in [6.45, 7) is 3.54. The molecule has 0 aromatic heterocycles. The summed E-state index contributed by atoms with van der Waals surface area (Å²) in [6, 6.07) is 5.29. The van der Waals surface area contributed by atoms with E-state index in [0.29, 0.717) is 30.2 Å². The van der Waals surface area contributed by atoms with Gasteiger partial charge < -0.3 is 19.7 Å². The number of unbranched alkanes of at least 4 members (excludes halogenated alkanes) is 1. The molecule has 1 unspecified atom stereocenters. The molecule has 6 heteroatoms. The Kier molecular flexibility index (Phi) is 4.18. The van der Waals surface area contributed by atoms with E-state index in [0.717, 1.165) is 19.4 Å². The van der Waals surface area contributed by atoms with Crippen molar-refractivity contribution in [3.8, 4) is 11.5 Å². The van der Waals surface area contributed by atoms with Crippen molar-refractivity contribution in [2.75, 3.05) is 25.2 Å². The number of amides is 2. The standard InChI is InChI=1S/C16H20N2O4/c1-2-3-6-18-9-11(7-15(18)19)16(20)17-12-4-5-13-14(8-12)22-10-21-13/h4-5,8,11H,2-3,6-7,9-10H2,1H3,(H,17,20). The molecule has 6 nitrogen and oxygen atoms in total. The normalized spacial score (nSPS) is 19.6. The Morgan fingerprint density at radius 1 is 1.36 bits per heavy atom. The van der Waals surface area contributed by atoms with Crippen molar-refractivity contribution in [1.29, 1.82) is 0 Å². The van der Waals surface area contributed by atoms with Gasteiger partial charge in [-0.1, -0.05) is 13.3 Å². The Balaban J connectivity index is 1.59. The second-order valence-corrected chi connectivity index (χ2v) is 5.65. The van der Waals surface area contributed by atoms with Crippen LogP contribution in [-0.4, -0.2) is 36.6 Å². The zero-order valence-corrected chi connectivity index (χ0v) is 12.6. The second kappa shape index (κ2) is 6.25. The van der Waals surface area contributed by atoms with Crippen molar-refractivity contribution >= 4 is 17.5 Å². The van der Waals surface area contributed by atoms with E-state index in [-0.39, 0.29) is 24.5 Å². The van der Waals surface area contributed by atoms with Crippen LogP contribution in [0.2, 0.25) is 0 Å². The number of carbonyl (C=O) groups excluding carboxylic acids is 2. The van der Waals surface area contributed by atoms with E-state index < -0.39 is 0 Å². The fraction of sp³-hybridized carbons (Fsp3) is 0.500. The first-order valence-corrected chi connectivity index (χ1v) is 7.65. The lowest BCUT2D eigenvalue weighted by Gasteiger charge is -2.16. The van der Waals surface area contributed by atoms with Gasteiger partial charge in [0.1, 0.15) is 0 Å². The molecular weight excluding hydrogens is 284 g/mol. The molecule has 2 amide bonds. The summed E-state index contributed by atoms with van der Waals surface area (Å²) < 4.78 is 10.5. The van der Waals surface area contributed by atoms with Crippen LogP contribution < -0.4 is 14.8 Å². The number of hydrogen-bond acceptors (Lipinski definition) is 4. The third-order valence-corrected chi connectivity index (χ3v) is 4.01. The average Bonchev–Trinajstić information content (AvgIpc) is 3.11. The Bertz CT molecular complexity index is 588. The molecule has 118 valence electrons. The van der Waals surface area contributed by atoms with Crippen LogP contribution in [0.3, 0.4) is 0 Å². The van der Waals surface area contributed by atoms with Gasteiger partial charge in [0.25, 0.3) is 0 Å². The van der Waals surface area contributed by atoms with Crippen LogP contribution in [0.5, 0.6) is 11.5 Å². The van der Waals surface area contributed by atoms with E-state index in [1.54, 1.807) is 23.1 Å². The Morgan fingerprint density at radius 3 is 3.00 bits per heavy atom. The van der Waals surface area contributed by atoms with Crippen LogP contribution in [0.15, 0.2) is 18.2 Å². The van der Waals surface area contributed by atoms with E-state index >= 15 is 0 Å². The molecule has 0 radical (unpaired) electrons. The quantitative estimate of drug-likeness (QED) is 0.903. The van der Waals surface area contributed by atoms with Crippen molar-refractivity contribution in [3.63, 3.8) is 0 Å². The van der Waals surface area contributed by atoms with Gasteiger partial charge in [-0.2, -0.15) is 0 Å². The summed E-state index contributed by atoms with van der Waals surface area (Å²) in [4.78, 5) is 26.0. The van der Waals surface area contributed by atoms with Crippen LogP contribution in [0.25, 0.3) is 0 Å². The lowest BCUT2D eigenvalue weighted by molar-refractivity contribution is -0.128. The number of anilines is 1. The van der Waals surface area contributed by atoms with Crippen LogP contribution in [0.1, 0.15) is 26.2 Å². The second-order valence-electron chi connectivity index (χ2n) is 5.65. The van der Waals surface area contributed by atoms with E-state index in [4.69, 9.17) is 9.47 Å². The Morgan fingerprint density at radius 2 is 2.18 bits per heavy atom. The molecule has 1 N–H and O–H groups in total. The average molecular weight is 304 g/mol. The fourth-order valence-corrected chi connectivity index (χ4v) is 2.73. The molecule has 0 bridgehead atoms. The predicted octanol–water partition coefficient (Wildman–Crippen LogP) is 2.00. The maximum atomic E-state index is 12.3. The number of fused-ring (bicyclic) bond motifs is 1. The highest BCUT2D eigenvalue weighted by Crippen LogP contribution is 2.34. The molecule has 1 aromatic rings. The molecule has 2 heterocycles. The van der Waals surface area contributed by atoms with Gasteiger partial charge in [-0.25, -0.2) is 0 Å². The summed E-state index contributed by atoms with van der Waals surface area (Å²) in [5.41, 5.74) is 0.661. The maximum absolute atomic E-state index is 12.3. The first-order valence-electron chi connectivity index (χ1n) is 7.65. The third-order valence-electron chi connectivity index (χ3n) is 4.01. The molecule has 22 heavy (non-hydrogen) atoms. The van der Waals surface area contributed by atoms with Gasteiger partial charge in [0.15, 0.2) is 11.5 Å². The molecule has 0 saturated carbocycles. The van der Waals surface area contributed by atoms with E-state index in [2.05, 4.69) is 12.2 Å². The molecule has 0 spiro atoms. The molecule has 1 saturated heterocycles. The summed E-state index contributed by atoms with van der Waals surface area (Å²) in [7, 11) is 0. The molecule has 2 aliphatic heterocycles. The molecule has 1 aromatic carbocycles. The molecular formula is C16H20N2O4. The van der Waals surface area contributed by atoms with E-state index in [1.165, 1.54) is 0 Å². The van der Waals surface area contributed by atoms with Crippen LogP contribution in [0.4, 0.5) is 5.69 Å². The van der Waals surface area contributed by atoms with Crippen molar-refractivity contribution in [2.45, 2.75) is 26.2 Å². The lowest BCUT2D eigenvalue weighted by atomic mass is 10.1. The number of hydrogen-bond donors (Lipinski definition) is 1. The van der Waals surface area contributed by atoms with Crippen LogP contribution >= 0.6 is 0 Å². The van der Waals surface area contributed by atoms with E-state index in [9.17, 15) is 9.59 Å². The Hall–Kier alpha value is -2.24. The largest absolute Gasteiger partial charge is 0.454 e. The Labute approximate surface area is 129 Å². The van der Waals surface area contributed by atoms with Gasteiger partial charge in [-0.05, 0) is 18.6 Å². The number of nitrogens with one attached hydrogen (secondary N) is 1. The minimum Gasteiger partial charge on any atom is -0.454 e. The topological polar surface area (TPSA) is 67.9 Å². The first kappa shape index (κ1) is 14.7.